The molecule has 0 aromatic rings. The topological polar surface area (TPSA) is 55.1 Å². The second-order valence-electron chi connectivity index (χ2n) is 7.45. The van der Waals surface area contributed by atoms with E-state index in [1.807, 2.05) is 0 Å². The Kier molecular flexibility index (Phi) is 3.72. The van der Waals surface area contributed by atoms with Crippen LogP contribution in [0.4, 0.5) is 0 Å². The number of carbonyl (C=O) groups excluding carboxylic acids is 1. The Bertz CT molecular complexity index is 319. The predicted octanol–water partition coefficient (Wildman–Crippen LogP) is 2.16. The van der Waals surface area contributed by atoms with Crippen molar-refractivity contribution >= 4 is 5.91 Å². The van der Waals surface area contributed by atoms with Crippen molar-refractivity contribution in [3.05, 3.63) is 0 Å². The molecule has 3 N–H and O–H groups in total. The summed E-state index contributed by atoms with van der Waals surface area (Å²) in [5.74, 6) is 1.92. The highest BCUT2D eigenvalue weighted by Crippen LogP contribution is 2.47. The minimum Gasteiger partial charge on any atom is -0.356 e. The van der Waals surface area contributed by atoms with E-state index >= 15 is 0 Å². The van der Waals surface area contributed by atoms with E-state index in [-0.39, 0.29) is 23.3 Å². The normalized spacial score (nSPS) is 36.7. The highest BCUT2D eigenvalue weighted by molar-refractivity contribution is 5.80. The zero-order chi connectivity index (χ0) is 13.5. The molecule has 3 heteroatoms. The molecule has 0 aromatic carbocycles. The van der Waals surface area contributed by atoms with E-state index in [4.69, 9.17) is 5.73 Å². The SMILES string of the molecule is CC(CNC(=O)C1C2CCC(C2)C1N)C(C)(C)C. The van der Waals surface area contributed by atoms with E-state index in [1.54, 1.807) is 0 Å². The third kappa shape index (κ3) is 2.56. The molecule has 104 valence electrons. The molecule has 3 nitrogen and oxygen atoms in total. The predicted molar refractivity (Wildman–Crippen MR) is 73.9 cm³/mol. The van der Waals surface area contributed by atoms with Crippen LogP contribution in [-0.2, 0) is 4.79 Å². The van der Waals surface area contributed by atoms with Gasteiger partial charge in [-0.15, -0.1) is 0 Å². The van der Waals surface area contributed by atoms with Crippen LogP contribution in [0, 0.1) is 29.1 Å². The van der Waals surface area contributed by atoms with Gasteiger partial charge < -0.3 is 11.1 Å². The number of nitrogens with two attached hydrogens (primary N) is 1. The highest BCUT2D eigenvalue weighted by atomic mass is 16.1. The van der Waals surface area contributed by atoms with Crippen LogP contribution in [0.1, 0.15) is 47.0 Å². The van der Waals surface area contributed by atoms with Crippen molar-refractivity contribution in [1.82, 2.24) is 5.32 Å². The fourth-order valence-electron chi connectivity index (χ4n) is 3.40. The Morgan fingerprint density at radius 1 is 1.33 bits per heavy atom. The highest BCUT2D eigenvalue weighted by Gasteiger charge is 2.49. The van der Waals surface area contributed by atoms with Crippen LogP contribution in [0.3, 0.4) is 0 Å². The maximum atomic E-state index is 12.3. The Hall–Kier alpha value is -0.570. The molecule has 5 unspecified atom stereocenters. The molecule has 0 saturated heterocycles. The molecule has 5 atom stereocenters. The molecule has 0 spiro atoms. The lowest BCUT2D eigenvalue weighted by molar-refractivity contribution is -0.127. The molecule has 2 rings (SSSR count). The lowest BCUT2D eigenvalue weighted by Gasteiger charge is -2.30. The van der Waals surface area contributed by atoms with Gasteiger partial charge in [-0.05, 0) is 42.4 Å². The molecule has 2 fully saturated rings. The van der Waals surface area contributed by atoms with Crippen molar-refractivity contribution in [1.29, 1.82) is 0 Å². The summed E-state index contributed by atoms with van der Waals surface area (Å²) in [5, 5.41) is 3.13. The second kappa shape index (κ2) is 4.84. The van der Waals surface area contributed by atoms with Gasteiger partial charge in [-0.2, -0.15) is 0 Å². The minimum absolute atomic E-state index is 0.0796. The van der Waals surface area contributed by atoms with E-state index in [0.717, 1.165) is 6.54 Å². The quantitative estimate of drug-likeness (QED) is 0.808. The van der Waals surface area contributed by atoms with Crippen LogP contribution in [-0.4, -0.2) is 18.5 Å². The van der Waals surface area contributed by atoms with Crippen molar-refractivity contribution in [2.45, 2.75) is 53.0 Å². The first kappa shape index (κ1) is 13.9. The van der Waals surface area contributed by atoms with Crippen LogP contribution in [0.5, 0.6) is 0 Å². The fraction of sp³-hybridized carbons (Fsp3) is 0.933. The van der Waals surface area contributed by atoms with Gasteiger partial charge in [0, 0.05) is 12.6 Å². The average Bonchev–Trinajstić information content (AvgIpc) is 2.84. The lowest BCUT2D eigenvalue weighted by Crippen LogP contribution is -2.46. The molecule has 2 aliphatic carbocycles. The maximum Gasteiger partial charge on any atom is 0.224 e. The number of hydrogen-bond donors (Lipinski definition) is 2. The van der Waals surface area contributed by atoms with Gasteiger partial charge in [0.05, 0.1) is 5.92 Å². The van der Waals surface area contributed by atoms with Crippen molar-refractivity contribution in [2.24, 2.45) is 34.8 Å². The summed E-state index contributed by atoms with van der Waals surface area (Å²) in [6.45, 7) is 9.61. The molecule has 0 heterocycles. The van der Waals surface area contributed by atoms with Gasteiger partial charge in [-0.3, -0.25) is 4.79 Å². The Morgan fingerprint density at radius 3 is 2.44 bits per heavy atom. The van der Waals surface area contributed by atoms with Gasteiger partial charge in [0.15, 0.2) is 0 Å². The zero-order valence-corrected chi connectivity index (χ0v) is 12.2. The Morgan fingerprint density at radius 2 is 1.94 bits per heavy atom. The Balaban J connectivity index is 1.86. The fourth-order valence-corrected chi connectivity index (χ4v) is 3.40. The number of nitrogens with one attached hydrogen (secondary N) is 1. The average molecular weight is 252 g/mol. The van der Waals surface area contributed by atoms with E-state index in [9.17, 15) is 4.79 Å². The molecule has 0 aliphatic heterocycles. The maximum absolute atomic E-state index is 12.3. The minimum atomic E-state index is 0.0796. The molecule has 1 amide bonds. The van der Waals surface area contributed by atoms with Gasteiger partial charge in [-0.25, -0.2) is 0 Å². The van der Waals surface area contributed by atoms with Crippen LogP contribution in [0.25, 0.3) is 0 Å². The van der Waals surface area contributed by atoms with Crippen LogP contribution in [0.2, 0.25) is 0 Å². The molecule has 0 radical (unpaired) electrons. The summed E-state index contributed by atoms with van der Waals surface area (Å²) in [5.41, 5.74) is 6.44. The number of hydrogen-bond acceptors (Lipinski definition) is 2. The number of fused-ring (bicyclic) bond motifs is 2. The van der Waals surface area contributed by atoms with Crippen LogP contribution >= 0.6 is 0 Å². The second-order valence-corrected chi connectivity index (χ2v) is 7.45. The molecular formula is C15H28N2O. The molecular weight excluding hydrogens is 224 g/mol. The first-order valence-corrected chi connectivity index (χ1v) is 7.34. The summed E-state index contributed by atoms with van der Waals surface area (Å²) in [6, 6.07) is 0.105. The summed E-state index contributed by atoms with van der Waals surface area (Å²) < 4.78 is 0. The van der Waals surface area contributed by atoms with Gasteiger partial charge in [0.2, 0.25) is 5.91 Å². The number of carbonyl (C=O) groups is 1. The van der Waals surface area contributed by atoms with E-state index in [1.165, 1.54) is 19.3 Å². The summed E-state index contributed by atoms with van der Waals surface area (Å²) in [7, 11) is 0. The van der Waals surface area contributed by atoms with Crippen molar-refractivity contribution in [2.75, 3.05) is 6.54 Å². The lowest BCUT2D eigenvalue weighted by atomic mass is 9.81. The third-order valence-electron chi connectivity index (χ3n) is 5.34. The monoisotopic (exact) mass is 252 g/mol. The third-order valence-corrected chi connectivity index (χ3v) is 5.34. The first-order valence-electron chi connectivity index (χ1n) is 7.34. The van der Waals surface area contributed by atoms with Gasteiger partial charge >= 0.3 is 0 Å². The van der Waals surface area contributed by atoms with Gasteiger partial charge in [0.25, 0.3) is 0 Å². The standard InChI is InChI=1S/C15H28N2O/c1-9(15(2,3)4)8-17-14(18)12-10-5-6-11(7-10)13(12)16/h9-13H,5-8,16H2,1-4H3,(H,17,18). The molecule has 2 saturated carbocycles. The smallest absolute Gasteiger partial charge is 0.224 e. The van der Waals surface area contributed by atoms with Crippen molar-refractivity contribution in [3.8, 4) is 0 Å². The summed E-state index contributed by atoms with van der Waals surface area (Å²) >= 11 is 0. The Labute approximate surface area is 111 Å². The number of rotatable bonds is 3. The number of amides is 1. The van der Waals surface area contributed by atoms with E-state index in [2.05, 4.69) is 33.0 Å². The first-order chi connectivity index (χ1) is 8.30. The molecule has 2 aliphatic rings. The van der Waals surface area contributed by atoms with Crippen molar-refractivity contribution in [3.63, 3.8) is 0 Å². The molecule has 18 heavy (non-hydrogen) atoms. The van der Waals surface area contributed by atoms with Crippen LogP contribution in [0.15, 0.2) is 0 Å². The van der Waals surface area contributed by atoms with Gasteiger partial charge in [0.1, 0.15) is 0 Å². The van der Waals surface area contributed by atoms with E-state index < -0.39 is 0 Å². The largest absolute Gasteiger partial charge is 0.356 e. The summed E-state index contributed by atoms with van der Waals surface area (Å²) in [6.07, 6.45) is 3.60. The van der Waals surface area contributed by atoms with E-state index in [0.29, 0.717) is 17.8 Å². The van der Waals surface area contributed by atoms with Crippen LogP contribution < -0.4 is 11.1 Å². The van der Waals surface area contributed by atoms with Crippen molar-refractivity contribution < 1.29 is 4.79 Å². The zero-order valence-electron chi connectivity index (χ0n) is 12.2. The van der Waals surface area contributed by atoms with Gasteiger partial charge in [-0.1, -0.05) is 27.7 Å². The summed E-state index contributed by atoms with van der Waals surface area (Å²) in [4.78, 5) is 12.3. The molecule has 2 bridgehead atoms. The molecule has 0 aromatic heterocycles.